The predicted octanol–water partition coefficient (Wildman–Crippen LogP) is 3.35. The average Bonchev–Trinajstić information content (AvgIpc) is 2.57. The van der Waals surface area contributed by atoms with E-state index in [1.807, 2.05) is 0 Å². The minimum Gasteiger partial charge on any atom is -0.353 e. The summed E-state index contributed by atoms with van der Waals surface area (Å²) in [7, 11) is 0. The van der Waals surface area contributed by atoms with Gasteiger partial charge in [0.2, 0.25) is 5.91 Å². The van der Waals surface area contributed by atoms with Gasteiger partial charge in [0, 0.05) is 17.3 Å². The largest absolute Gasteiger partial charge is 0.353 e. The number of hydrogen-bond acceptors (Lipinski definition) is 1. The van der Waals surface area contributed by atoms with Crippen molar-refractivity contribution >= 4 is 21.8 Å². The molecule has 0 aliphatic heterocycles. The van der Waals surface area contributed by atoms with Gasteiger partial charge in [-0.1, -0.05) is 50.0 Å². The molecular weight excluding hydrogens is 278 g/mol. The molecule has 3 heteroatoms. The molecule has 1 amide bonds. The van der Waals surface area contributed by atoms with Crippen molar-refractivity contribution in [2.24, 2.45) is 22.7 Å². The van der Waals surface area contributed by atoms with Crippen molar-refractivity contribution in [2.75, 3.05) is 5.33 Å². The van der Waals surface area contributed by atoms with Gasteiger partial charge in [0.1, 0.15) is 0 Å². The standard InChI is InChI=1S/C14H24BrNO/c1-13(2)11(14(13,3)4)12(17)16-10-7-5-6-9(10)8-15/h9-11H,5-8H2,1-4H3,(H,16,17). The lowest BCUT2D eigenvalue weighted by molar-refractivity contribution is -0.124. The second kappa shape index (κ2) is 4.25. The minimum atomic E-state index is 0.152. The number of rotatable bonds is 3. The van der Waals surface area contributed by atoms with Gasteiger partial charge in [-0.2, -0.15) is 0 Å². The van der Waals surface area contributed by atoms with Crippen LogP contribution in [0.1, 0.15) is 47.0 Å². The van der Waals surface area contributed by atoms with Crippen LogP contribution < -0.4 is 5.32 Å². The molecular formula is C14H24BrNO. The second-order valence-electron chi connectivity index (χ2n) is 6.84. The summed E-state index contributed by atoms with van der Waals surface area (Å²) in [5.74, 6) is 1.09. The van der Waals surface area contributed by atoms with Crippen LogP contribution in [-0.4, -0.2) is 17.3 Å². The van der Waals surface area contributed by atoms with E-state index in [4.69, 9.17) is 0 Å². The highest BCUT2D eigenvalue weighted by atomic mass is 79.9. The molecule has 2 saturated carbocycles. The summed E-state index contributed by atoms with van der Waals surface area (Å²) in [6.45, 7) is 8.81. The summed E-state index contributed by atoms with van der Waals surface area (Å²) in [6.07, 6.45) is 3.64. The molecule has 17 heavy (non-hydrogen) atoms. The Kier molecular flexibility index (Phi) is 3.35. The summed E-state index contributed by atoms with van der Waals surface area (Å²) in [5, 5.41) is 4.29. The molecule has 0 aromatic heterocycles. The smallest absolute Gasteiger partial charge is 0.224 e. The number of alkyl halides is 1. The monoisotopic (exact) mass is 301 g/mol. The zero-order valence-electron chi connectivity index (χ0n) is 11.3. The molecule has 2 atom stereocenters. The molecule has 1 N–H and O–H groups in total. The highest BCUT2D eigenvalue weighted by Gasteiger charge is 2.68. The first kappa shape index (κ1) is 13.4. The average molecular weight is 302 g/mol. The van der Waals surface area contributed by atoms with Gasteiger partial charge in [0.25, 0.3) is 0 Å². The first-order valence-corrected chi connectivity index (χ1v) is 7.81. The molecule has 2 aliphatic carbocycles. The van der Waals surface area contributed by atoms with E-state index in [9.17, 15) is 4.79 Å². The minimum absolute atomic E-state index is 0.152. The van der Waals surface area contributed by atoms with Crippen LogP contribution in [0.4, 0.5) is 0 Å². The van der Waals surface area contributed by atoms with Crippen LogP contribution in [0.3, 0.4) is 0 Å². The van der Waals surface area contributed by atoms with Gasteiger partial charge in [-0.15, -0.1) is 0 Å². The Morgan fingerprint density at radius 3 is 2.29 bits per heavy atom. The van der Waals surface area contributed by atoms with Gasteiger partial charge >= 0.3 is 0 Å². The molecule has 0 aromatic carbocycles. The third-order valence-corrected chi connectivity index (χ3v) is 6.30. The van der Waals surface area contributed by atoms with Crippen molar-refractivity contribution in [3.8, 4) is 0 Å². The number of amides is 1. The normalized spacial score (nSPS) is 34.6. The Hall–Kier alpha value is -0.0500. The Bertz CT molecular complexity index is 310. The van der Waals surface area contributed by atoms with E-state index in [1.54, 1.807) is 0 Å². The molecule has 2 nitrogen and oxygen atoms in total. The summed E-state index contributed by atoms with van der Waals surface area (Å²) >= 11 is 3.55. The van der Waals surface area contributed by atoms with Gasteiger partial charge in [-0.3, -0.25) is 4.79 Å². The third kappa shape index (κ3) is 2.05. The predicted molar refractivity (Wildman–Crippen MR) is 74.1 cm³/mol. The molecule has 2 unspecified atom stereocenters. The lowest BCUT2D eigenvalue weighted by atomic mass is 10.0. The van der Waals surface area contributed by atoms with Crippen molar-refractivity contribution in [3.63, 3.8) is 0 Å². The fraction of sp³-hybridized carbons (Fsp3) is 0.929. The van der Waals surface area contributed by atoms with E-state index in [1.165, 1.54) is 12.8 Å². The summed E-state index contributed by atoms with van der Waals surface area (Å²) in [6, 6.07) is 0.397. The maximum absolute atomic E-state index is 12.3. The number of carbonyl (C=O) groups excluding carboxylic acids is 1. The molecule has 0 aromatic rings. The Balaban J connectivity index is 1.95. The molecule has 2 aliphatic rings. The van der Waals surface area contributed by atoms with Gasteiger partial charge in [-0.05, 0) is 29.6 Å². The van der Waals surface area contributed by atoms with Crippen molar-refractivity contribution in [1.82, 2.24) is 5.32 Å². The fourth-order valence-electron chi connectivity index (χ4n) is 3.53. The molecule has 0 spiro atoms. The Labute approximate surface area is 113 Å². The van der Waals surface area contributed by atoms with Crippen LogP contribution in [0.15, 0.2) is 0 Å². The molecule has 0 bridgehead atoms. The molecule has 0 heterocycles. The Morgan fingerprint density at radius 2 is 1.82 bits per heavy atom. The fourth-order valence-corrected chi connectivity index (χ4v) is 4.30. The molecule has 0 saturated heterocycles. The zero-order valence-corrected chi connectivity index (χ0v) is 12.9. The van der Waals surface area contributed by atoms with Crippen molar-refractivity contribution in [3.05, 3.63) is 0 Å². The number of nitrogens with one attached hydrogen (secondary N) is 1. The van der Waals surface area contributed by atoms with Gasteiger partial charge in [0.05, 0.1) is 0 Å². The topological polar surface area (TPSA) is 29.1 Å². The van der Waals surface area contributed by atoms with Crippen LogP contribution in [0, 0.1) is 22.7 Å². The number of halogens is 1. The van der Waals surface area contributed by atoms with Gasteiger partial charge in [-0.25, -0.2) is 0 Å². The van der Waals surface area contributed by atoms with Crippen molar-refractivity contribution in [1.29, 1.82) is 0 Å². The number of hydrogen-bond donors (Lipinski definition) is 1. The van der Waals surface area contributed by atoms with E-state index in [0.29, 0.717) is 12.0 Å². The summed E-state index contributed by atoms with van der Waals surface area (Å²) < 4.78 is 0. The van der Waals surface area contributed by atoms with Crippen molar-refractivity contribution in [2.45, 2.75) is 53.0 Å². The Morgan fingerprint density at radius 1 is 1.24 bits per heavy atom. The summed E-state index contributed by atoms with van der Waals surface area (Å²) in [5.41, 5.74) is 0.305. The highest BCUT2D eigenvalue weighted by molar-refractivity contribution is 9.09. The summed E-state index contributed by atoms with van der Waals surface area (Å²) in [4.78, 5) is 12.3. The lowest BCUT2D eigenvalue weighted by Crippen LogP contribution is -2.39. The van der Waals surface area contributed by atoms with Crippen LogP contribution in [-0.2, 0) is 4.79 Å². The second-order valence-corrected chi connectivity index (χ2v) is 7.48. The van der Waals surface area contributed by atoms with E-state index in [0.717, 1.165) is 11.8 Å². The lowest BCUT2D eigenvalue weighted by Gasteiger charge is -2.19. The van der Waals surface area contributed by atoms with Gasteiger partial charge in [0.15, 0.2) is 0 Å². The van der Waals surface area contributed by atoms with Gasteiger partial charge < -0.3 is 5.32 Å². The quantitative estimate of drug-likeness (QED) is 0.796. The number of carbonyl (C=O) groups is 1. The first-order chi connectivity index (χ1) is 7.82. The van der Waals surface area contributed by atoms with E-state index in [-0.39, 0.29) is 22.7 Å². The van der Waals surface area contributed by atoms with Crippen LogP contribution >= 0.6 is 15.9 Å². The SMILES string of the molecule is CC1(C)C(C(=O)NC2CCCC2CBr)C1(C)C. The maximum Gasteiger partial charge on any atom is 0.224 e. The van der Waals surface area contributed by atoms with E-state index >= 15 is 0 Å². The van der Waals surface area contributed by atoms with E-state index < -0.39 is 0 Å². The maximum atomic E-state index is 12.3. The van der Waals surface area contributed by atoms with Crippen LogP contribution in [0.5, 0.6) is 0 Å². The highest BCUT2D eigenvalue weighted by Crippen LogP contribution is 2.68. The molecule has 0 radical (unpaired) electrons. The zero-order chi connectivity index (χ0) is 12.8. The van der Waals surface area contributed by atoms with Crippen LogP contribution in [0.2, 0.25) is 0 Å². The molecule has 2 rings (SSSR count). The van der Waals surface area contributed by atoms with E-state index in [2.05, 4.69) is 48.9 Å². The molecule has 98 valence electrons. The molecule has 2 fully saturated rings. The van der Waals surface area contributed by atoms with Crippen LogP contribution in [0.25, 0.3) is 0 Å². The third-order valence-electron chi connectivity index (χ3n) is 5.47. The van der Waals surface area contributed by atoms with Crippen molar-refractivity contribution < 1.29 is 4.79 Å². The first-order valence-electron chi connectivity index (χ1n) is 6.68.